The summed E-state index contributed by atoms with van der Waals surface area (Å²) in [4.78, 5) is 48.9. The monoisotopic (exact) mass is 708 g/mol. The molecule has 0 bridgehead atoms. The third-order valence-corrected chi connectivity index (χ3v) is 8.53. The summed E-state index contributed by atoms with van der Waals surface area (Å²) in [6, 6.07) is 18.1. The van der Waals surface area contributed by atoms with Crippen LogP contribution in [0.1, 0.15) is 83.6 Å². The highest BCUT2D eigenvalue weighted by atomic mass is 35.5. The number of benzene rings is 2. The lowest BCUT2D eigenvalue weighted by Crippen LogP contribution is -2.46. The maximum absolute atomic E-state index is 12.5. The van der Waals surface area contributed by atoms with Crippen LogP contribution in [0.5, 0.6) is 0 Å². The minimum Gasteiger partial charge on any atom is -0.444 e. The second kappa shape index (κ2) is 19.9. The molecule has 2 atom stereocenters. The lowest BCUT2D eigenvalue weighted by molar-refractivity contribution is -0.127. The number of ether oxygens (including phenoxy) is 1. The maximum Gasteiger partial charge on any atom is 0.410 e. The Morgan fingerprint density at radius 3 is 1.80 bits per heavy atom. The van der Waals surface area contributed by atoms with Crippen molar-refractivity contribution in [2.24, 2.45) is 11.8 Å². The van der Waals surface area contributed by atoms with Crippen molar-refractivity contribution in [1.82, 2.24) is 25.5 Å². The number of rotatable bonds is 7. The summed E-state index contributed by atoms with van der Waals surface area (Å²) in [5.41, 5.74) is 4.09. The van der Waals surface area contributed by atoms with Crippen LogP contribution in [0.15, 0.2) is 60.8 Å². The molecule has 2 aliphatic rings. The van der Waals surface area contributed by atoms with Gasteiger partial charge >= 0.3 is 6.09 Å². The Bertz CT molecular complexity index is 1510. The Morgan fingerprint density at radius 2 is 1.30 bits per heavy atom. The van der Waals surface area contributed by atoms with E-state index in [0.29, 0.717) is 32.7 Å². The molecule has 2 aliphatic heterocycles. The molecule has 3 aromatic rings. The first kappa shape index (κ1) is 42.0. The third-order valence-electron chi connectivity index (χ3n) is 8.35. The molecule has 2 aromatic carbocycles. The van der Waals surface area contributed by atoms with Crippen LogP contribution in [0.3, 0.4) is 0 Å². The predicted octanol–water partition coefficient (Wildman–Crippen LogP) is 7.50. The number of piperidine rings is 2. The number of aromatic nitrogens is 2. The summed E-state index contributed by atoms with van der Waals surface area (Å²) in [6.45, 7) is 13.3. The maximum atomic E-state index is 12.5. The van der Waals surface area contributed by atoms with Crippen molar-refractivity contribution in [3.05, 3.63) is 88.3 Å². The number of nitrogens with one attached hydrogen (secondary N) is 2. The predicted molar refractivity (Wildman–Crippen MR) is 202 cm³/mol. The molecular weight excluding hydrogens is 652 g/mol. The second-order valence-corrected chi connectivity index (χ2v) is 14.0. The number of anilines is 1. The van der Waals surface area contributed by atoms with Gasteiger partial charge in [0.15, 0.2) is 0 Å². The summed E-state index contributed by atoms with van der Waals surface area (Å²) >= 11 is 5.86. The van der Waals surface area contributed by atoms with E-state index in [1.807, 2.05) is 70.2 Å². The van der Waals surface area contributed by atoms with E-state index in [4.69, 9.17) is 16.3 Å². The van der Waals surface area contributed by atoms with Crippen LogP contribution >= 0.6 is 11.6 Å². The van der Waals surface area contributed by atoms with Crippen molar-refractivity contribution in [2.75, 3.05) is 31.1 Å². The van der Waals surface area contributed by atoms with Crippen molar-refractivity contribution in [2.45, 2.75) is 93.8 Å². The van der Waals surface area contributed by atoms with Gasteiger partial charge in [0, 0.05) is 45.5 Å². The number of aryl methyl sites for hydroxylation is 2. The molecule has 1 aromatic heterocycles. The molecule has 0 unspecified atom stereocenters. The van der Waals surface area contributed by atoms with Gasteiger partial charge in [-0.15, -0.1) is 0 Å². The summed E-state index contributed by atoms with van der Waals surface area (Å²) in [6.07, 6.45) is 4.80. The second-order valence-electron chi connectivity index (χ2n) is 13.6. The van der Waals surface area contributed by atoms with E-state index in [2.05, 4.69) is 44.6 Å². The van der Waals surface area contributed by atoms with Crippen LogP contribution in [0.2, 0.25) is 5.28 Å². The Balaban J connectivity index is 0.000000333. The van der Waals surface area contributed by atoms with Crippen molar-refractivity contribution >= 4 is 35.3 Å². The van der Waals surface area contributed by atoms with Gasteiger partial charge in [-0.2, -0.15) is 0 Å². The number of carbonyl (C=O) groups excluding carboxylic acids is 3. The average Bonchev–Trinajstić information content (AvgIpc) is 3.07. The zero-order valence-electron chi connectivity index (χ0n) is 28.8. The normalized spacial score (nSPS) is 17.2. The van der Waals surface area contributed by atoms with E-state index in [9.17, 15) is 14.4 Å². The van der Waals surface area contributed by atoms with Crippen molar-refractivity contribution in [1.29, 1.82) is 0 Å². The number of nitrogens with zero attached hydrogens (tertiary/aromatic N) is 4. The number of carbonyl (C=O) groups is 3. The van der Waals surface area contributed by atoms with Crippen molar-refractivity contribution in [3.63, 3.8) is 0 Å². The summed E-state index contributed by atoms with van der Waals surface area (Å²) < 4.78 is 5.40. The largest absolute Gasteiger partial charge is 0.444 e. The third kappa shape index (κ3) is 13.6. The van der Waals surface area contributed by atoms with Crippen molar-refractivity contribution in [3.8, 4) is 0 Å². The van der Waals surface area contributed by atoms with Gasteiger partial charge in [0.1, 0.15) is 11.4 Å². The highest BCUT2D eigenvalue weighted by molar-refractivity contribution is 6.28. The summed E-state index contributed by atoms with van der Waals surface area (Å²) in [5.74, 6) is 0.685. The van der Waals surface area contributed by atoms with Crippen LogP contribution < -0.4 is 15.5 Å². The molecule has 3 heterocycles. The fraction of sp³-hybridized carbons (Fsp3) is 0.513. The van der Waals surface area contributed by atoms with Crippen LogP contribution in [0, 0.1) is 25.7 Å². The molecule has 5 rings (SSSR count). The molecule has 3 amide bonds. The summed E-state index contributed by atoms with van der Waals surface area (Å²) in [7, 11) is 0. The summed E-state index contributed by atoms with van der Waals surface area (Å²) in [5, 5.41) is 6.26. The average molecular weight is 709 g/mol. The van der Waals surface area contributed by atoms with Gasteiger partial charge in [0.05, 0.1) is 11.8 Å². The minimum absolute atomic E-state index is 0. The van der Waals surface area contributed by atoms with Gasteiger partial charge in [0.2, 0.25) is 17.1 Å². The van der Waals surface area contributed by atoms with E-state index >= 15 is 0 Å². The molecule has 11 heteroatoms. The Kier molecular flexibility index (Phi) is 16.7. The lowest BCUT2D eigenvalue weighted by atomic mass is 9.97. The van der Waals surface area contributed by atoms with Gasteiger partial charge in [-0.05, 0) is 89.1 Å². The van der Waals surface area contributed by atoms with E-state index in [1.165, 1.54) is 11.1 Å². The molecular formula is C39H57ClN6O4. The first-order valence-corrected chi connectivity index (χ1v) is 17.1. The number of likely N-dealkylation sites (tertiary alicyclic amines) is 1. The Hall–Kier alpha value is -4.18. The fourth-order valence-electron chi connectivity index (χ4n) is 5.66. The van der Waals surface area contributed by atoms with Crippen LogP contribution in [-0.2, 0) is 27.4 Å². The van der Waals surface area contributed by atoms with Gasteiger partial charge in [0.25, 0.3) is 0 Å². The van der Waals surface area contributed by atoms with E-state index in [1.54, 1.807) is 11.1 Å². The fourth-order valence-corrected chi connectivity index (χ4v) is 5.81. The van der Waals surface area contributed by atoms with E-state index in [-0.39, 0.29) is 49.9 Å². The number of hydrogen-bond donors (Lipinski definition) is 2. The Labute approximate surface area is 304 Å². The highest BCUT2D eigenvalue weighted by Gasteiger charge is 2.31. The molecule has 2 N–H and O–H groups in total. The van der Waals surface area contributed by atoms with Gasteiger partial charge in [-0.25, -0.2) is 14.8 Å². The molecule has 274 valence electrons. The van der Waals surface area contributed by atoms with Crippen LogP contribution in [0.25, 0.3) is 0 Å². The molecule has 2 fully saturated rings. The van der Waals surface area contributed by atoms with Gasteiger partial charge < -0.3 is 25.2 Å². The zero-order chi connectivity index (χ0) is 34.7. The van der Waals surface area contributed by atoms with Crippen LogP contribution in [0.4, 0.5) is 10.6 Å². The number of amides is 3. The molecule has 50 heavy (non-hydrogen) atoms. The molecule has 0 spiro atoms. The topological polar surface area (TPSA) is 117 Å². The lowest BCUT2D eigenvalue weighted by Gasteiger charge is -2.33. The highest BCUT2D eigenvalue weighted by Crippen LogP contribution is 2.23. The number of hydrogen-bond acceptors (Lipinski definition) is 7. The number of halogens is 1. The van der Waals surface area contributed by atoms with E-state index in [0.717, 1.165) is 49.2 Å². The van der Waals surface area contributed by atoms with Crippen molar-refractivity contribution < 1.29 is 19.1 Å². The standard InChI is InChI=1S/C19H28N2O3.C18H21ClN4O.2CH4/c1-14-7-9-15(10-8-14)12-20-17(22)16-6-5-11-21(13-16)18(23)24-19(2,3)4;1-13-4-6-14(7-5-13)11-21-17(24)15-3-2-10-23(12-15)16-8-9-20-18(19)22-16;;/h7-10,16H,5-6,11-13H2,1-4H3,(H,20,22);4-9,15H,2-3,10-12H2,1H3,(H,21,24);2*1H4/t16-;15-;;/m00../s1. The van der Waals surface area contributed by atoms with Gasteiger partial charge in [-0.3, -0.25) is 9.59 Å². The first-order chi connectivity index (χ1) is 22.9. The molecule has 10 nitrogen and oxygen atoms in total. The Morgan fingerprint density at radius 1 is 0.800 bits per heavy atom. The molecule has 2 saturated heterocycles. The van der Waals surface area contributed by atoms with Gasteiger partial charge in [-0.1, -0.05) is 74.5 Å². The SMILES string of the molecule is C.C.Cc1ccc(CNC(=O)[C@H]2CCCN(C(=O)OC(C)(C)C)C2)cc1.Cc1ccc(CNC(=O)[C@H]2CCCN(c3ccnc(Cl)n3)C2)cc1. The van der Waals surface area contributed by atoms with E-state index < -0.39 is 5.60 Å². The quantitative estimate of drug-likeness (QED) is 0.244. The smallest absolute Gasteiger partial charge is 0.410 e. The molecule has 0 radical (unpaired) electrons. The molecule has 0 aliphatic carbocycles. The molecule has 0 saturated carbocycles. The zero-order valence-corrected chi connectivity index (χ0v) is 29.6. The van der Waals surface area contributed by atoms with Crippen LogP contribution in [-0.4, -0.2) is 64.6 Å². The minimum atomic E-state index is -0.516. The first-order valence-electron chi connectivity index (χ1n) is 16.7.